The average Bonchev–Trinajstić information content (AvgIpc) is 3.18. The summed E-state index contributed by atoms with van der Waals surface area (Å²) >= 11 is 0. The second kappa shape index (κ2) is 10.1. The maximum Gasteiger partial charge on any atom is 0.408 e. The van der Waals surface area contributed by atoms with Crippen LogP contribution >= 0.6 is 0 Å². The fourth-order valence-electron chi connectivity index (χ4n) is 3.95. The number of aliphatic carboxylic acids is 1. The lowest BCUT2D eigenvalue weighted by atomic mass is 9.73. The third-order valence-corrected chi connectivity index (χ3v) is 5.56. The molecular weight excluding hydrogens is 404 g/mol. The van der Waals surface area contributed by atoms with Crippen molar-refractivity contribution in [1.82, 2.24) is 20.6 Å². The number of H-pyrrole nitrogens is 1. The summed E-state index contributed by atoms with van der Waals surface area (Å²) in [6.07, 6.45) is 6.16. The van der Waals surface area contributed by atoms with Gasteiger partial charge < -0.3 is 30.6 Å². The van der Waals surface area contributed by atoms with Crippen LogP contribution in [0, 0.1) is 5.92 Å². The smallest absolute Gasteiger partial charge is 0.408 e. The van der Waals surface area contributed by atoms with Crippen LogP contribution in [0.15, 0.2) is 12.5 Å². The number of imidazole rings is 1. The molecule has 0 saturated heterocycles. The minimum atomic E-state index is -2.10. The normalized spacial score (nSPS) is 19.0. The lowest BCUT2D eigenvalue weighted by Gasteiger charge is -2.39. The van der Waals surface area contributed by atoms with E-state index >= 15 is 0 Å². The summed E-state index contributed by atoms with van der Waals surface area (Å²) in [7, 11) is 0. The highest BCUT2D eigenvalue weighted by atomic mass is 16.6. The van der Waals surface area contributed by atoms with Crippen LogP contribution in [-0.4, -0.2) is 61.4 Å². The Hall–Kier alpha value is -2.62. The number of rotatable bonds is 8. The molecular formula is C21H34N4O6. The zero-order chi connectivity index (χ0) is 23.2. The zero-order valence-electron chi connectivity index (χ0n) is 18.6. The molecule has 1 aliphatic rings. The molecule has 0 radical (unpaired) electrons. The van der Waals surface area contributed by atoms with Crippen molar-refractivity contribution in [2.45, 2.75) is 89.5 Å². The first-order chi connectivity index (χ1) is 14.4. The van der Waals surface area contributed by atoms with Gasteiger partial charge in [0.15, 0.2) is 5.60 Å². The topological polar surface area (TPSA) is 154 Å². The van der Waals surface area contributed by atoms with E-state index < -0.39 is 47.2 Å². The number of hydrogen-bond acceptors (Lipinski definition) is 6. The summed E-state index contributed by atoms with van der Waals surface area (Å²) in [4.78, 5) is 44.1. The van der Waals surface area contributed by atoms with Crippen LogP contribution in [-0.2, 0) is 20.7 Å². The summed E-state index contributed by atoms with van der Waals surface area (Å²) < 4.78 is 5.24. The second-order valence-corrected chi connectivity index (χ2v) is 9.16. The van der Waals surface area contributed by atoms with Crippen molar-refractivity contribution in [3.05, 3.63) is 18.2 Å². The number of nitrogens with one attached hydrogen (secondary N) is 3. The van der Waals surface area contributed by atoms with Gasteiger partial charge in [0.05, 0.1) is 18.1 Å². The molecule has 1 unspecified atom stereocenters. The van der Waals surface area contributed by atoms with E-state index in [2.05, 4.69) is 20.6 Å². The predicted octanol–water partition coefficient (Wildman–Crippen LogP) is 1.75. The van der Waals surface area contributed by atoms with Crippen LogP contribution in [0.5, 0.6) is 0 Å². The van der Waals surface area contributed by atoms with Gasteiger partial charge in [0.25, 0.3) is 0 Å². The maximum atomic E-state index is 13.0. The minimum Gasteiger partial charge on any atom is -0.479 e. The van der Waals surface area contributed by atoms with Crippen molar-refractivity contribution >= 4 is 18.0 Å². The number of carbonyl (C=O) groups excluding carboxylic acids is 2. The molecule has 10 nitrogen and oxygen atoms in total. The van der Waals surface area contributed by atoms with Crippen LogP contribution in [0.4, 0.5) is 4.79 Å². The number of aromatic amines is 1. The SMILES string of the molecule is C[C@H](NC(=O)[C@H](Cc1c[nH]cn1)NC(=O)OC(C)(C)C)C(O)(C(=O)O)C1CCCCC1. The number of aliphatic hydroxyl groups is 1. The highest BCUT2D eigenvalue weighted by Crippen LogP contribution is 2.35. The molecule has 1 aromatic rings. The number of aromatic nitrogens is 2. The van der Waals surface area contributed by atoms with Crippen molar-refractivity contribution in [3.63, 3.8) is 0 Å². The molecule has 2 amide bonds. The first kappa shape index (κ1) is 24.6. The maximum absolute atomic E-state index is 13.0. The Bertz CT molecular complexity index is 754. The molecule has 31 heavy (non-hydrogen) atoms. The minimum absolute atomic E-state index is 0.0657. The Morgan fingerprint density at radius 2 is 1.87 bits per heavy atom. The van der Waals surface area contributed by atoms with Gasteiger partial charge in [0.2, 0.25) is 5.91 Å². The highest BCUT2D eigenvalue weighted by molar-refractivity contribution is 5.87. The molecule has 1 saturated carbocycles. The van der Waals surface area contributed by atoms with Gasteiger partial charge in [-0.15, -0.1) is 0 Å². The molecule has 3 atom stereocenters. The lowest BCUT2D eigenvalue weighted by Crippen LogP contribution is -2.63. The van der Waals surface area contributed by atoms with E-state index in [1.54, 1.807) is 27.0 Å². The average molecular weight is 439 g/mol. The third-order valence-electron chi connectivity index (χ3n) is 5.56. The number of carboxylic acid groups (broad SMARTS) is 1. The van der Waals surface area contributed by atoms with Gasteiger partial charge >= 0.3 is 12.1 Å². The molecule has 0 aromatic carbocycles. The number of ether oxygens (including phenoxy) is 1. The molecule has 10 heteroatoms. The van der Waals surface area contributed by atoms with E-state index in [9.17, 15) is 24.6 Å². The van der Waals surface area contributed by atoms with E-state index in [-0.39, 0.29) is 6.42 Å². The molecule has 0 spiro atoms. The predicted molar refractivity (Wildman–Crippen MR) is 112 cm³/mol. The number of alkyl carbamates (subject to hydrolysis) is 1. The fourth-order valence-corrected chi connectivity index (χ4v) is 3.95. The van der Waals surface area contributed by atoms with Gasteiger partial charge in [-0.1, -0.05) is 19.3 Å². The number of amides is 2. The van der Waals surface area contributed by atoms with Gasteiger partial charge in [-0.25, -0.2) is 14.6 Å². The van der Waals surface area contributed by atoms with Crippen molar-refractivity contribution < 1.29 is 29.3 Å². The molecule has 0 aliphatic heterocycles. The van der Waals surface area contributed by atoms with E-state index in [1.807, 2.05) is 0 Å². The Labute approximate surface area is 182 Å². The standard InChI is InChI=1S/C21H34N4O6/c1-13(21(30,18(27)28)14-8-6-5-7-9-14)24-17(26)16(10-15-11-22-12-23-15)25-19(29)31-20(2,3)4/h11-14,16,30H,5-10H2,1-4H3,(H,22,23)(H,24,26)(H,25,29)(H,27,28)/t13-,16-,21?/m0/s1. The van der Waals surface area contributed by atoms with Crippen LogP contribution < -0.4 is 10.6 Å². The van der Waals surface area contributed by atoms with Crippen LogP contribution in [0.3, 0.4) is 0 Å². The summed E-state index contributed by atoms with van der Waals surface area (Å²) in [5.41, 5.74) is -2.32. The van der Waals surface area contributed by atoms with Crippen molar-refractivity contribution in [2.75, 3.05) is 0 Å². The van der Waals surface area contributed by atoms with Gasteiger partial charge in [-0.2, -0.15) is 0 Å². The number of hydrogen-bond donors (Lipinski definition) is 5. The van der Waals surface area contributed by atoms with Crippen LogP contribution in [0.1, 0.15) is 65.5 Å². The molecule has 0 bridgehead atoms. The highest BCUT2D eigenvalue weighted by Gasteiger charge is 2.49. The molecule has 1 fully saturated rings. The molecule has 5 N–H and O–H groups in total. The van der Waals surface area contributed by atoms with E-state index in [4.69, 9.17) is 4.74 Å². The van der Waals surface area contributed by atoms with Crippen LogP contribution in [0.25, 0.3) is 0 Å². The Morgan fingerprint density at radius 3 is 2.39 bits per heavy atom. The van der Waals surface area contributed by atoms with Gasteiger partial charge in [-0.05, 0) is 40.5 Å². The Kier molecular flexibility index (Phi) is 8.05. The summed E-state index contributed by atoms with van der Waals surface area (Å²) in [6.45, 7) is 6.58. The van der Waals surface area contributed by atoms with Crippen molar-refractivity contribution in [2.24, 2.45) is 5.92 Å². The Morgan fingerprint density at radius 1 is 1.23 bits per heavy atom. The molecule has 1 heterocycles. The van der Waals surface area contributed by atoms with E-state index in [0.29, 0.717) is 18.5 Å². The fraction of sp³-hybridized carbons (Fsp3) is 0.714. The summed E-state index contributed by atoms with van der Waals surface area (Å²) in [5.74, 6) is -2.45. The zero-order valence-corrected chi connectivity index (χ0v) is 18.6. The molecule has 1 aliphatic carbocycles. The summed E-state index contributed by atoms with van der Waals surface area (Å²) in [6, 6.07) is -2.13. The molecule has 174 valence electrons. The van der Waals surface area contributed by atoms with Gasteiger partial charge in [0.1, 0.15) is 11.6 Å². The van der Waals surface area contributed by atoms with Gasteiger partial charge in [0, 0.05) is 18.5 Å². The van der Waals surface area contributed by atoms with E-state index in [1.165, 1.54) is 13.3 Å². The molecule has 2 rings (SSSR count). The number of nitrogens with zero attached hydrogens (tertiary/aromatic N) is 1. The quantitative estimate of drug-likeness (QED) is 0.414. The Balaban J connectivity index is 2.16. The first-order valence-corrected chi connectivity index (χ1v) is 10.7. The number of carboxylic acids is 1. The largest absolute Gasteiger partial charge is 0.479 e. The summed E-state index contributed by atoms with van der Waals surface area (Å²) in [5, 5.41) is 26.0. The van der Waals surface area contributed by atoms with Crippen molar-refractivity contribution in [1.29, 1.82) is 0 Å². The first-order valence-electron chi connectivity index (χ1n) is 10.7. The number of carbonyl (C=O) groups is 3. The van der Waals surface area contributed by atoms with Crippen molar-refractivity contribution in [3.8, 4) is 0 Å². The van der Waals surface area contributed by atoms with E-state index in [0.717, 1.165) is 19.3 Å². The van der Waals surface area contributed by atoms with Gasteiger partial charge in [-0.3, -0.25) is 4.79 Å². The second-order valence-electron chi connectivity index (χ2n) is 9.16. The lowest BCUT2D eigenvalue weighted by molar-refractivity contribution is -0.171. The monoisotopic (exact) mass is 438 g/mol. The third kappa shape index (κ3) is 6.68. The van der Waals surface area contributed by atoms with Crippen LogP contribution in [0.2, 0.25) is 0 Å². The molecule has 1 aromatic heterocycles.